The lowest BCUT2D eigenvalue weighted by Crippen LogP contribution is -2.27. The number of amides is 1. The molecule has 3 rings (SSSR count). The van der Waals surface area contributed by atoms with Crippen LogP contribution in [-0.2, 0) is 4.79 Å². The van der Waals surface area contributed by atoms with Gasteiger partial charge in [0.15, 0.2) is 5.13 Å². The molecule has 0 radical (unpaired) electrons. The highest BCUT2D eigenvalue weighted by atomic mass is 35.5. The molecule has 0 spiro atoms. The summed E-state index contributed by atoms with van der Waals surface area (Å²) in [5.74, 6) is 0.262. The van der Waals surface area contributed by atoms with Gasteiger partial charge in [0.2, 0.25) is 5.91 Å². The third-order valence-electron chi connectivity index (χ3n) is 3.25. The van der Waals surface area contributed by atoms with Gasteiger partial charge < -0.3 is 0 Å². The molecule has 3 aromatic rings. The largest absolute Gasteiger partial charge is 0.273 e. The molecule has 1 amide bonds. The first-order valence-electron chi connectivity index (χ1n) is 7.32. The molecule has 0 saturated carbocycles. The van der Waals surface area contributed by atoms with Crippen LogP contribution >= 0.6 is 34.7 Å². The molecule has 0 aliphatic carbocycles. The molecule has 0 saturated heterocycles. The zero-order valence-electron chi connectivity index (χ0n) is 13.0. The van der Waals surface area contributed by atoms with Crippen LogP contribution in [-0.4, -0.2) is 16.6 Å². The van der Waals surface area contributed by atoms with Gasteiger partial charge in [0, 0.05) is 10.3 Å². The van der Waals surface area contributed by atoms with Crippen LogP contribution in [0.2, 0.25) is 5.02 Å². The maximum Gasteiger partial charge on any atom is 0.243 e. The fourth-order valence-corrected chi connectivity index (χ4v) is 4.07. The van der Waals surface area contributed by atoms with Gasteiger partial charge in [-0.3, -0.25) is 9.69 Å². The molecule has 24 heavy (non-hydrogen) atoms. The fourth-order valence-electron chi connectivity index (χ4n) is 2.15. The van der Waals surface area contributed by atoms with E-state index in [2.05, 4.69) is 4.98 Å². The summed E-state index contributed by atoms with van der Waals surface area (Å²) in [6.07, 6.45) is 0. The van der Waals surface area contributed by atoms with Crippen molar-refractivity contribution in [1.82, 2.24) is 4.98 Å². The zero-order chi connectivity index (χ0) is 16.9. The highest BCUT2D eigenvalue weighted by Gasteiger charge is 2.21. The first kappa shape index (κ1) is 17.0. The van der Waals surface area contributed by atoms with Crippen LogP contribution in [0.1, 0.15) is 5.69 Å². The molecule has 0 bridgehead atoms. The van der Waals surface area contributed by atoms with E-state index in [4.69, 9.17) is 11.6 Å². The molecule has 0 atom stereocenters. The number of anilines is 2. The molecular formula is C18H15ClN2OS2. The quantitative estimate of drug-likeness (QED) is 0.548. The van der Waals surface area contributed by atoms with E-state index in [9.17, 15) is 4.79 Å². The van der Waals surface area contributed by atoms with Gasteiger partial charge in [-0.2, -0.15) is 0 Å². The zero-order valence-corrected chi connectivity index (χ0v) is 15.4. The summed E-state index contributed by atoms with van der Waals surface area (Å²) in [5, 5.41) is 3.29. The number of hydrogen-bond donors (Lipinski definition) is 0. The second-order valence-electron chi connectivity index (χ2n) is 5.06. The number of rotatable bonds is 5. The Morgan fingerprint density at radius 1 is 1.17 bits per heavy atom. The van der Waals surface area contributed by atoms with Gasteiger partial charge in [0.05, 0.1) is 22.2 Å². The topological polar surface area (TPSA) is 33.2 Å². The second-order valence-corrected chi connectivity index (χ2v) is 7.32. The van der Waals surface area contributed by atoms with E-state index >= 15 is 0 Å². The van der Waals surface area contributed by atoms with Gasteiger partial charge in [-0.15, -0.1) is 23.1 Å². The van der Waals surface area contributed by atoms with E-state index < -0.39 is 0 Å². The summed E-state index contributed by atoms with van der Waals surface area (Å²) in [6.45, 7) is 1.92. The van der Waals surface area contributed by atoms with E-state index in [1.807, 2.05) is 66.9 Å². The lowest BCUT2D eigenvalue weighted by molar-refractivity contribution is -0.115. The van der Waals surface area contributed by atoms with Gasteiger partial charge in [0.25, 0.3) is 0 Å². The molecule has 0 aliphatic heterocycles. The van der Waals surface area contributed by atoms with Gasteiger partial charge >= 0.3 is 0 Å². The summed E-state index contributed by atoms with van der Waals surface area (Å²) in [5.41, 5.74) is 1.72. The third kappa shape index (κ3) is 3.98. The number of para-hydroxylation sites is 1. The number of hydrogen-bond acceptors (Lipinski definition) is 4. The Morgan fingerprint density at radius 2 is 1.88 bits per heavy atom. The Kier molecular flexibility index (Phi) is 5.56. The molecule has 0 aliphatic rings. The number of halogens is 1. The Labute approximate surface area is 154 Å². The van der Waals surface area contributed by atoms with Crippen LogP contribution < -0.4 is 4.90 Å². The SMILES string of the molecule is Cc1csc(N(C(=O)CSc2ccccc2Cl)c2ccccc2)n1. The van der Waals surface area contributed by atoms with Gasteiger partial charge in [-0.05, 0) is 31.2 Å². The van der Waals surface area contributed by atoms with Crippen molar-refractivity contribution in [3.63, 3.8) is 0 Å². The van der Waals surface area contributed by atoms with Gasteiger partial charge in [-0.25, -0.2) is 4.98 Å². The van der Waals surface area contributed by atoms with Crippen molar-refractivity contribution in [3.8, 4) is 0 Å². The smallest absolute Gasteiger partial charge is 0.243 e. The fraction of sp³-hybridized carbons (Fsp3) is 0.111. The van der Waals surface area contributed by atoms with Crippen LogP contribution in [0.15, 0.2) is 64.9 Å². The van der Waals surface area contributed by atoms with E-state index in [1.165, 1.54) is 23.1 Å². The first-order chi connectivity index (χ1) is 11.6. The molecule has 0 N–H and O–H groups in total. The number of nitrogens with zero attached hydrogens (tertiary/aromatic N) is 2. The Bertz CT molecular complexity index is 836. The number of carbonyl (C=O) groups is 1. The van der Waals surface area contributed by atoms with Crippen molar-refractivity contribution in [2.75, 3.05) is 10.7 Å². The standard InChI is InChI=1S/C18H15ClN2OS2/c1-13-11-24-18(20-13)21(14-7-3-2-4-8-14)17(22)12-23-16-10-6-5-9-15(16)19/h2-11H,12H2,1H3. The van der Waals surface area contributed by atoms with Crippen molar-refractivity contribution in [2.45, 2.75) is 11.8 Å². The molecule has 122 valence electrons. The van der Waals surface area contributed by atoms with Crippen molar-refractivity contribution in [2.24, 2.45) is 0 Å². The molecular weight excluding hydrogens is 360 g/mol. The Morgan fingerprint density at radius 3 is 2.54 bits per heavy atom. The minimum Gasteiger partial charge on any atom is -0.273 e. The summed E-state index contributed by atoms with van der Waals surface area (Å²) in [6, 6.07) is 17.1. The number of carbonyl (C=O) groups excluding carboxylic acids is 1. The van der Waals surface area contributed by atoms with Crippen LogP contribution in [0.3, 0.4) is 0 Å². The number of benzene rings is 2. The molecule has 2 aromatic carbocycles. The molecule has 1 aromatic heterocycles. The first-order valence-corrected chi connectivity index (χ1v) is 9.57. The van der Waals surface area contributed by atoms with Crippen molar-refractivity contribution < 1.29 is 4.79 Å². The number of thiazole rings is 1. The van der Waals surface area contributed by atoms with Crippen molar-refractivity contribution in [1.29, 1.82) is 0 Å². The monoisotopic (exact) mass is 374 g/mol. The second kappa shape index (κ2) is 7.83. The minimum absolute atomic E-state index is 0.0273. The van der Waals surface area contributed by atoms with Gasteiger partial charge in [0.1, 0.15) is 0 Å². The van der Waals surface area contributed by atoms with Crippen LogP contribution in [0, 0.1) is 6.92 Å². The lowest BCUT2D eigenvalue weighted by Gasteiger charge is -2.20. The number of aryl methyl sites for hydroxylation is 1. The predicted molar refractivity (Wildman–Crippen MR) is 103 cm³/mol. The highest BCUT2D eigenvalue weighted by molar-refractivity contribution is 8.00. The van der Waals surface area contributed by atoms with Gasteiger partial charge in [-0.1, -0.05) is 41.9 Å². The lowest BCUT2D eigenvalue weighted by atomic mass is 10.3. The summed E-state index contributed by atoms with van der Waals surface area (Å²) >= 11 is 9.07. The van der Waals surface area contributed by atoms with Crippen LogP contribution in [0.4, 0.5) is 10.8 Å². The van der Waals surface area contributed by atoms with E-state index in [0.717, 1.165) is 16.3 Å². The number of thioether (sulfide) groups is 1. The average molecular weight is 375 g/mol. The average Bonchev–Trinajstić information content (AvgIpc) is 3.01. The van der Waals surface area contributed by atoms with E-state index in [-0.39, 0.29) is 11.7 Å². The minimum atomic E-state index is -0.0273. The van der Waals surface area contributed by atoms with Crippen LogP contribution in [0.5, 0.6) is 0 Å². The third-order valence-corrected chi connectivity index (χ3v) is 5.69. The van der Waals surface area contributed by atoms with Crippen molar-refractivity contribution >= 4 is 51.4 Å². The molecule has 3 nitrogen and oxygen atoms in total. The summed E-state index contributed by atoms with van der Waals surface area (Å²) in [4.78, 5) is 19.9. The molecule has 0 unspecified atom stereocenters. The van der Waals surface area contributed by atoms with E-state index in [1.54, 1.807) is 4.90 Å². The molecule has 1 heterocycles. The molecule has 0 fully saturated rings. The van der Waals surface area contributed by atoms with Crippen LogP contribution in [0.25, 0.3) is 0 Å². The predicted octanol–water partition coefficient (Wildman–Crippen LogP) is 5.56. The number of aromatic nitrogens is 1. The molecule has 6 heteroatoms. The Hall–Kier alpha value is -1.82. The maximum absolute atomic E-state index is 12.9. The highest BCUT2D eigenvalue weighted by Crippen LogP contribution is 2.31. The normalized spacial score (nSPS) is 10.6. The van der Waals surface area contributed by atoms with Crippen molar-refractivity contribution in [3.05, 3.63) is 70.7 Å². The maximum atomic E-state index is 12.9. The summed E-state index contributed by atoms with van der Waals surface area (Å²) < 4.78 is 0. The van der Waals surface area contributed by atoms with E-state index in [0.29, 0.717) is 10.2 Å². The Balaban J connectivity index is 1.83. The summed E-state index contributed by atoms with van der Waals surface area (Å²) in [7, 11) is 0.